The van der Waals surface area contributed by atoms with Crippen molar-refractivity contribution in [2.24, 2.45) is 11.8 Å². The van der Waals surface area contributed by atoms with Gasteiger partial charge in [-0.15, -0.1) is 0 Å². The molecule has 5 nitrogen and oxygen atoms in total. The van der Waals surface area contributed by atoms with Crippen LogP contribution in [0.5, 0.6) is 0 Å². The standard InChI is InChI=1S/C17H19NO4S/c1-11-16(13-5-3-2-4-6-13)22-17(19)18(11)23(20,21)15-10-12-7-8-14(15)9-12/h2-8,11-12,14-16H,9-10H2,1H3/t11-,12+,14-,15+,16-/m0/s1. The van der Waals surface area contributed by atoms with E-state index in [-0.39, 0.29) is 5.92 Å². The summed E-state index contributed by atoms with van der Waals surface area (Å²) in [6.45, 7) is 1.74. The summed E-state index contributed by atoms with van der Waals surface area (Å²) in [6.07, 6.45) is 4.26. The molecule has 3 aliphatic rings. The second-order valence-electron chi connectivity index (χ2n) is 6.62. The lowest BCUT2D eigenvalue weighted by molar-refractivity contribution is 0.132. The number of carbonyl (C=O) groups excluding carboxylic acids is 1. The van der Waals surface area contributed by atoms with Gasteiger partial charge >= 0.3 is 6.09 Å². The molecule has 23 heavy (non-hydrogen) atoms. The van der Waals surface area contributed by atoms with Crippen molar-refractivity contribution < 1.29 is 17.9 Å². The molecule has 4 rings (SSSR count). The van der Waals surface area contributed by atoms with E-state index in [1.807, 2.05) is 36.4 Å². The fourth-order valence-corrected chi connectivity index (χ4v) is 6.34. The van der Waals surface area contributed by atoms with Crippen LogP contribution >= 0.6 is 0 Å². The quantitative estimate of drug-likeness (QED) is 0.798. The van der Waals surface area contributed by atoms with Crippen molar-refractivity contribution in [2.45, 2.75) is 37.2 Å². The number of benzene rings is 1. The van der Waals surface area contributed by atoms with E-state index in [2.05, 4.69) is 6.08 Å². The lowest BCUT2D eigenvalue weighted by atomic mass is 10.0. The van der Waals surface area contributed by atoms with Gasteiger partial charge in [-0.2, -0.15) is 4.31 Å². The molecule has 1 aromatic carbocycles. The third-order valence-corrected chi connectivity index (χ3v) is 7.56. The predicted octanol–water partition coefficient (Wildman–Crippen LogP) is 2.86. The second kappa shape index (κ2) is 5.09. The number of ether oxygens (including phenoxy) is 1. The number of allylic oxidation sites excluding steroid dienone is 2. The molecule has 1 heterocycles. The highest BCUT2D eigenvalue weighted by Crippen LogP contribution is 2.45. The number of hydrogen-bond acceptors (Lipinski definition) is 4. The lowest BCUT2D eigenvalue weighted by Gasteiger charge is -2.27. The van der Waals surface area contributed by atoms with Gasteiger partial charge in [0.05, 0.1) is 11.3 Å². The summed E-state index contributed by atoms with van der Waals surface area (Å²) in [5.74, 6) is 0.361. The van der Waals surface area contributed by atoms with Crippen LogP contribution in [0.1, 0.15) is 31.4 Å². The zero-order chi connectivity index (χ0) is 16.2. The molecule has 1 saturated heterocycles. The summed E-state index contributed by atoms with van der Waals surface area (Å²) in [6, 6.07) is 8.76. The van der Waals surface area contributed by atoms with Gasteiger partial charge in [-0.25, -0.2) is 13.2 Å². The summed E-state index contributed by atoms with van der Waals surface area (Å²) in [4.78, 5) is 12.3. The Balaban J connectivity index is 1.64. The van der Waals surface area contributed by atoms with Crippen LogP contribution in [-0.4, -0.2) is 30.1 Å². The summed E-state index contributed by atoms with van der Waals surface area (Å²) in [5, 5.41) is -0.498. The highest BCUT2D eigenvalue weighted by molar-refractivity contribution is 7.90. The van der Waals surface area contributed by atoms with Gasteiger partial charge in [0.15, 0.2) is 6.10 Å². The molecule has 0 radical (unpaired) electrons. The molecule has 1 aliphatic heterocycles. The minimum absolute atomic E-state index is 0.0285. The van der Waals surface area contributed by atoms with Gasteiger partial charge in [-0.05, 0) is 37.2 Å². The van der Waals surface area contributed by atoms with Crippen LogP contribution in [-0.2, 0) is 14.8 Å². The number of rotatable bonds is 3. The molecule has 1 aromatic rings. The Morgan fingerprint density at radius 2 is 1.87 bits per heavy atom. The molecular formula is C17H19NO4S. The molecule has 2 aliphatic carbocycles. The van der Waals surface area contributed by atoms with Crippen LogP contribution in [0, 0.1) is 11.8 Å². The summed E-state index contributed by atoms with van der Waals surface area (Å²) in [7, 11) is -3.70. The predicted molar refractivity (Wildman–Crippen MR) is 85.0 cm³/mol. The third-order valence-electron chi connectivity index (χ3n) is 5.22. The molecule has 2 bridgehead atoms. The van der Waals surface area contributed by atoms with Crippen molar-refractivity contribution in [1.82, 2.24) is 4.31 Å². The molecule has 122 valence electrons. The molecule has 1 amide bonds. The van der Waals surface area contributed by atoms with Crippen LogP contribution < -0.4 is 0 Å². The van der Waals surface area contributed by atoms with Crippen molar-refractivity contribution in [3.8, 4) is 0 Å². The highest BCUT2D eigenvalue weighted by atomic mass is 32.2. The first kappa shape index (κ1) is 14.8. The van der Waals surface area contributed by atoms with E-state index in [1.165, 1.54) is 0 Å². The minimum atomic E-state index is -3.70. The maximum absolute atomic E-state index is 13.0. The van der Waals surface area contributed by atoms with Gasteiger partial charge in [0.25, 0.3) is 0 Å². The normalized spacial score (nSPS) is 35.8. The van der Waals surface area contributed by atoms with Gasteiger partial charge in [0.1, 0.15) is 0 Å². The van der Waals surface area contributed by atoms with Gasteiger partial charge in [-0.1, -0.05) is 42.5 Å². The largest absolute Gasteiger partial charge is 0.438 e. The Labute approximate surface area is 136 Å². The lowest BCUT2D eigenvalue weighted by Crippen LogP contribution is -2.44. The van der Waals surface area contributed by atoms with Crippen molar-refractivity contribution >= 4 is 16.1 Å². The van der Waals surface area contributed by atoms with E-state index in [1.54, 1.807) is 6.92 Å². The van der Waals surface area contributed by atoms with Gasteiger partial charge in [-0.3, -0.25) is 0 Å². The van der Waals surface area contributed by atoms with Gasteiger partial charge in [0.2, 0.25) is 10.0 Å². The first-order valence-electron chi connectivity index (χ1n) is 7.95. The molecule has 6 heteroatoms. The fourth-order valence-electron chi connectivity index (χ4n) is 4.09. The van der Waals surface area contributed by atoms with E-state index in [0.29, 0.717) is 12.3 Å². The Morgan fingerprint density at radius 1 is 1.13 bits per heavy atom. The molecule has 0 unspecified atom stereocenters. The maximum atomic E-state index is 13.0. The zero-order valence-corrected chi connectivity index (χ0v) is 13.6. The summed E-state index contributed by atoms with van der Waals surface area (Å²) in [5.41, 5.74) is 0.818. The topological polar surface area (TPSA) is 63.7 Å². The first-order valence-corrected chi connectivity index (χ1v) is 9.46. The van der Waals surface area contributed by atoms with E-state index < -0.39 is 33.5 Å². The van der Waals surface area contributed by atoms with Crippen LogP contribution in [0.4, 0.5) is 4.79 Å². The second-order valence-corrected chi connectivity index (χ2v) is 8.64. The number of carbonyl (C=O) groups is 1. The first-order chi connectivity index (χ1) is 11.0. The number of hydrogen-bond donors (Lipinski definition) is 0. The number of sulfonamides is 1. The summed E-state index contributed by atoms with van der Waals surface area (Å²) < 4.78 is 32.4. The highest BCUT2D eigenvalue weighted by Gasteiger charge is 2.53. The molecule has 2 fully saturated rings. The van der Waals surface area contributed by atoms with E-state index in [4.69, 9.17) is 4.74 Å². The molecule has 0 spiro atoms. The Bertz CT molecular complexity index is 758. The molecular weight excluding hydrogens is 314 g/mol. The van der Waals surface area contributed by atoms with E-state index in [9.17, 15) is 13.2 Å². The molecule has 5 atom stereocenters. The number of amides is 1. The van der Waals surface area contributed by atoms with E-state index >= 15 is 0 Å². The monoisotopic (exact) mass is 333 g/mol. The fraction of sp³-hybridized carbons (Fsp3) is 0.471. The Morgan fingerprint density at radius 3 is 2.48 bits per heavy atom. The Hall–Kier alpha value is -1.82. The molecule has 0 aromatic heterocycles. The Kier molecular flexibility index (Phi) is 3.27. The maximum Gasteiger partial charge on any atom is 0.424 e. The number of fused-ring (bicyclic) bond motifs is 2. The smallest absolute Gasteiger partial charge is 0.424 e. The molecule has 1 saturated carbocycles. The van der Waals surface area contributed by atoms with Crippen molar-refractivity contribution in [2.75, 3.05) is 0 Å². The van der Waals surface area contributed by atoms with Crippen LogP contribution in [0.25, 0.3) is 0 Å². The van der Waals surface area contributed by atoms with E-state index in [0.717, 1.165) is 16.3 Å². The number of nitrogens with zero attached hydrogens (tertiary/aromatic N) is 1. The average Bonchev–Trinajstić information content (AvgIpc) is 3.23. The summed E-state index contributed by atoms with van der Waals surface area (Å²) >= 11 is 0. The van der Waals surface area contributed by atoms with Gasteiger partial charge < -0.3 is 4.74 Å². The van der Waals surface area contributed by atoms with Crippen molar-refractivity contribution in [3.05, 3.63) is 48.0 Å². The van der Waals surface area contributed by atoms with Crippen LogP contribution in [0.3, 0.4) is 0 Å². The van der Waals surface area contributed by atoms with Gasteiger partial charge in [0, 0.05) is 0 Å². The van der Waals surface area contributed by atoms with Crippen molar-refractivity contribution in [3.63, 3.8) is 0 Å². The third kappa shape index (κ3) is 2.19. The molecule has 0 N–H and O–H groups in total. The average molecular weight is 333 g/mol. The zero-order valence-electron chi connectivity index (χ0n) is 12.8. The van der Waals surface area contributed by atoms with Crippen LogP contribution in [0.2, 0.25) is 0 Å². The SMILES string of the molecule is C[C@H]1[C@@H](c2ccccc2)OC(=O)N1S(=O)(=O)[C@@H]1C[C@@H]2C=C[C@H]1C2. The van der Waals surface area contributed by atoms with Crippen LogP contribution in [0.15, 0.2) is 42.5 Å². The van der Waals surface area contributed by atoms with Crippen molar-refractivity contribution in [1.29, 1.82) is 0 Å². The minimum Gasteiger partial charge on any atom is -0.438 e. The number of cyclic esters (lactones) is 1.